The third kappa shape index (κ3) is 1.63. The van der Waals surface area contributed by atoms with Crippen LogP contribution in [0.4, 0.5) is 13.2 Å². The molecule has 0 aliphatic heterocycles. The summed E-state index contributed by atoms with van der Waals surface area (Å²) < 4.78 is 39.7. The molecule has 0 spiro atoms. The largest absolute Gasteiger partial charge is 0.417 e. The van der Waals surface area contributed by atoms with E-state index in [9.17, 15) is 13.2 Å². The quantitative estimate of drug-likeness (QED) is 0.489. The molecular weight excluding hydrogens is 237 g/mol. The molecule has 0 saturated heterocycles. The molecule has 90 valence electrons. The van der Waals surface area contributed by atoms with Crippen LogP contribution in [0.25, 0.3) is 21.5 Å². The molecule has 0 aliphatic carbocycles. The fraction of sp³-hybridized carbons (Fsp3) is 0.0667. The number of halogens is 3. The number of rotatable bonds is 0. The predicted molar refractivity (Wildman–Crippen MR) is 66.5 cm³/mol. The highest BCUT2D eigenvalue weighted by Gasteiger charge is 2.34. The third-order valence-corrected chi connectivity index (χ3v) is 3.05. The molecule has 0 unspecified atom stereocenters. The van der Waals surface area contributed by atoms with Gasteiger partial charge in [-0.15, -0.1) is 0 Å². The summed E-state index contributed by atoms with van der Waals surface area (Å²) in [7, 11) is 0. The Hall–Kier alpha value is -2.03. The lowest BCUT2D eigenvalue weighted by atomic mass is 9.96. The molecule has 0 atom stereocenters. The maximum absolute atomic E-state index is 13.2. The summed E-state index contributed by atoms with van der Waals surface area (Å²) >= 11 is 0. The van der Waals surface area contributed by atoms with Crippen molar-refractivity contribution < 1.29 is 13.2 Å². The standard InChI is InChI=1S/C15H9F3/c16-15(17,18)14-12-7-3-1-5-10(12)9-11-6-2-4-8-13(11)14/h1-9H. The van der Waals surface area contributed by atoms with E-state index in [0.717, 1.165) is 0 Å². The molecule has 0 N–H and O–H groups in total. The van der Waals surface area contributed by atoms with Crippen molar-refractivity contribution in [1.29, 1.82) is 0 Å². The molecule has 0 heterocycles. The van der Waals surface area contributed by atoms with Crippen molar-refractivity contribution in [2.45, 2.75) is 6.18 Å². The average molecular weight is 246 g/mol. The zero-order valence-electron chi connectivity index (χ0n) is 9.33. The van der Waals surface area contributed by atoms with Crippen molar-refractivity contribution in [1.82, 2.24) is 0 Å². The minimum atomic E-state index is -4.35. The van der Waals surface area contributed by atoms with E-state index in [4.69, 9.17) is 0 Å². The minimum absolute atomic E-state index is 0.253. The zero-order chi connectivity index (χ0) is 12.8. The fourth-order valence-electron chi connectivity index (χ4n) is 2.32. The predicted octanol–water partition coefficient (Wildman–Crippen LogP) is 5.01. The van der Waals surface area contributed by atoms with E-state index in [0.29, 0.717) is 10.8 Å². The average Bonchev–Trinajstić information content (AvgIpc) is 2.34. The number of alkyl halides is 3. The van der Waals surface area contributed by atoms with Crippen molar-refractivity contribution >= 4 is 21.5 Å². The van der Waals surface area contributed by atoms with Gasteiger partial charge in [0.25, 0.3) is 0 Å². The Labute approximate surface area is 102 Å². The van der Waals surface area contributed by atoms with Crippen molar-refractivity contribution in [2.24, 2.45) is 0 Å². The molecule has 0 aliphatic rings. The Morgan fingerprint density at radius 2 is 1.11 bits per heavy atom. The first-order valence-corrected chi connectivity index (χ1v) is 5.55. The highest BCUT2D eigenvalue weighted by molar-refractivity contribution is 6.02. The number of fused-ring (bicyclic) bond motifs is 2. The highest BCUT2D eigenvalue weighted by atomic mass is 19.4. The Morgan fingerprint density at radius 3 is 1.56 bits per heavy atom. The van der Waals surface area contributed by atoms with E-state index in [1.54, 1.807) is 42.5 Å². The van der Waals surface area contributed by atoms with Crippen LogP contribution in [-0.4, -0.2) is 0 Å². The molecule has 0 amide bonds. The second-order valence-corrected chi connectivity index (χ2v) is 4.19. The Kier molecular flexibility index (Phi) is 2.30. The molecule has 0 radical (unpaired) electrons. The smallest absolute Gasteiger partial charge is 0.166 e. The van der Waals surface area contributed by atoms with E-state index < -0.39 is 11.7 Å². The van der Waals surface area contributed by atoms with Crippen LogP contribution < -0.4 is 0 Å². The summed E-state index contributed by atoms with van der Waals surface area (Å²) in [6, 6.07) is 15.0. The molecule has 0 nitrogen and oxygen atoms in total. The lowest BCUT2D eigenvalue weighted by molar-refractivity contribution is -0.135. The Balaban J connectivity index is 2.58. The number of hydrogen-bond donors (Lipinski definition) is 0. The summed E-state index contributed by atoms with van der Waals surface area (Å²) in [6.45, 7) is 0. The Morgan fingerprint density at radius 1 is 0.667 bits per heavy atom. The summed E-state index contributed by atoms with van der Waals surface area (Å²) in [5, 5.41) is 1.74. The van der Waals surface area contributed by atoms with Crippen LogP contribution in [0.1, 0.15) is 5.56 Å². The molecule has 3 heteroatoms. The zero-order valence-corrected chi connectivity index (χ0v) is 9.33. The molecule has 3 aromatic rings. The topological polar surface area (TPSA) is 0 Å². The molecular formula is C15H9F3. The second kappa shape index (κ2) is 3.73. The van der Waals surface area contributed by atoms with Crippen molar-refractivity contribution in [3.63, 3.8) is 0 Å². The monoisotopic (exact) mass is 246 g/mol. The second-order valence-electron chi connectivity index (χ2n) is 4.19. The van der Waals surface area contributed by atoms with Crippen LogP contribution in [0.15, 0.2) is 54.6 Å². The van der Waals surface area contributed by atoms with Gasteiger partial charge in [0.05, 0.1) is 5.56 Å². The van der Waals surface area contributed by atoms with Crippen molar-refractivity contribution in [3.05, 3.63) is 60.2 Å². The maximum Gasteiger partial charge on any atom is 0.417 e. The van der Waals surface area contributed by atoms with Gasteiger partial charge >= 0.3 is 6.18 Å². The molecule has 3 aromatic carbocycles. The van der Waals surface area contributed by atoms with Crippen molar-refractivity contribution in [2.75, 3.05) is 0 Å². The molecule has 0 bridgehead atoms. The lowest BCUT2D eigenvalue weighted by Crippen LogP contribution is -2.06. The highest BCUT2D eigenvalue weighted by Crippen LogP contribution is 2.40. The maximum atomic E-state index is 13.2. The van der Waals surface area contributed by atoms with Gasteiger partial charge in [0.15, 0.2) is 0 Å². The molecule has 0 saturated carbocycles. The van der Waals surface area contributed by atoms with E-state index in [1.807, 2.05) is 0 Å². The van der Waals surface area contributed by atoms with Crippen LogP contribution in [0.3, 0.4) is 0 Å². The van der Waals surface area contributed by atoms with Crippen LogP contribution in [0.2, 0.25) is 0 Å². The van der Waals surface area contributed by atoms with Gasteiger partial charge in [-0.1, -0.05) is 48.5 Å². The fourth-order valence-corrected chi connectivity index (χ4v) is 2.32. The SMILES string of the molecule is FC(F)(F)c1c2ccccc2cc2ccccc12. The van der Waals surface area contributed by atoms with Crippen LogP contribution in [0, 0.1) is 0 Å². The van der Waals surface area contributed by atoms with E-state index in [2.05, 4.69) is 0 Å². The molecule has 0 aromatic heterocycles. The van der Waals surface area contributed by atoms with Gasteiger partial charge in [-0.05, 0) is 27.6 Å². The summed E-state index contributed by atoms with van der Waals surface area (Å²) in [6.07, 6.45) is -4.35. The van der Waals surface area contributed by atoms with Gasteiger partial charge in [0.2, 0.25) is 0 Å². The van der Waals surface area contributed by atoms with E-state index in [-0.39, 0.29) is 10.8 Å². The Bertz CT molecular complexity index is 672. The molecule has 3 rings (SSSR count). The molecule has 18 heavy (non-hydrogen) atoms. The van der Waals surface area contributed by atoms with Gasteiger partial charge in [-0.25, -0.2) is 0 Å². The van der Waals surface area contributed by atoms with E-state index in [1.165, 1.54) is 12.1 Å². The lowest BCUT2D eigenvalue weighted by Gasteiger charge is -2.14. The molecule has 0 fully saturated rings. The van der Waals surface area contributed by atoms with Gasteiger partial charge < -0.3 is 0 Å². The van der Waals surface area contributed by atoms with Gasteiger partial charge in [0, 0.05) is 0 Å². The van der Waals surface area contributed by atoms with E-state index >= 15 is 0 Å². The first-order valence-electron chi connectivity index (χ1n) is 5.55. The number of benzene rings is 3. The first-order chi connectivity index (χ1) is 8.57. The van der Waals surface area contributed by atoms with Crippen LogP contribution in [0.5, 0.6) is 0 Å². The number of hydrogen-bond acceptors (Lipinski definition) is 0. The third-order valence-electron chi connectivity index (χ3n) is 3.05. The van der Waals surface area contributed by atoms with Crippen LogP contribution in [-0.2, 0) is 6.18 Å². The van der Waals surface area contributed by atoms with Crippen LogP contribution >= 0.6 is 0 Å². The first kappa shape index (κ1) is 11.1. The summed E-state index contributed by atoms with van der Waals surface area (Å²) in [5.41, 5.74) is -0.545. The van der Waals surface area contributed by atoms with Gasteiger partial charge in [-0.3, -0.25) is 0 Å². The minimum Gasteiger partial charge on any atom is -0.166 e. The summed E-state index contributed by atoms with van der Waals surface area (Å²) in [5.74, 6) is 0. The van der Waals surface area contributed by atoms with Gasteiger partial charge in [-0.2, -0.15) is 13.2 Å². The normalized spacial score (nSPS) is 12.2. The van der Waals surface area contributed by atoms with Crippen molar-refractivity contribution in [3.8, 4) is 0 Å². The van der Waals surface area contributed by atoms with Gasteiger partial charge in [0.1, 0.15) is 0 Å². The summed E-state index contributed by atoms with van der Waals surface area (Å²) in [4.78, 5) is 0.